The first-order chi connectivity index (χ1) is 11.6. The fourth-order valence-electron chi connectivity index (χ4n) is 2.67. The normalized spacial score (nSPS) is 10.2. The van der Waals surface area contributed by atoms with Gasteiger partial charge in [0.05, 0.1) is 18.4 Å². The molecule has 0 aliphatic carbocycles. The van der Waals surface area contributed by atoms with Crippen molar-refractivity contribution in [1.82, 2.24) is 0 Å². The fourth-order valence-corrected chi connectivity index (χ4v) is 2.67. The Labute approximate surface area is 141 Å². The molecular formula is C21H18N2O. The van der Waals surface area contributed by atoms with Crippen LogP contribution in [0.5, 0.6) is 5.75 Å². The molecule has 0 radical (unpaired) electrons. The summed E-state index contributed by atoms with van der Waals surface area (Å²) in [5.41, 5.74) is 12.2. The molecule has 0 aliphatic rings. The second kappa shape index (κ2) is 6.47. The second-order valence-electron chi connectivity index (χ2n) is 5.69. The van der Waals surface area contributed by atoms with Gasteiger partial charge in [-0.2, -0.15) is 5.26 Å². The van der Waals surface area contributed by atoms with Crippen LogP contribution in [-0.4, -0.2) is 7.11 Å². The molecule has 0 saturated heterocycles. The summed E-state index contributed by atoms with van der Waals surface area (Å²) in [6, 6.07) is 22.0. The molecule has 3 aromatic rings. The molecule has 3 aromatic carbocycles. The predicted octanol–water partition coefficient (Wildman–Crippen LogP) is 4.79. The Morgan fingerprint density at radius 3 is 2.08 bits per heavy atom. The number of nitrogen functional groups attached to an aromatic ring is 1. The van der Waals surface area contributed by atoms with Crippen LogP contribution in [0.15, 0.2) is 60.7 Å². The quantitative estimate of drug-likeness (QED) is 0.707. The molecule has 0 spiro atoms. The van der Waals surface area contributed by atoms with Crippen molar-refractivity contribution < 1.29 is 4.74 Å². The maximum atomic E-state index is 9.44. The highest BCUT2D eigenvalue weighted by molar-refractivity contribution is 5.85. The number of aryl methyl sites for hydroxylation is 1. The molecule has 3 heteroatoms. The zero-order valence-electron chi connectivity index (χ0n) is 13.7. The highest BCUT2D eigenvalue weighted by Crippen LogP contribution is 2.34. The third-order valence-electron chi connectivity index (χ3n) is 4.09. The van der Waals surface area contributed by atoms with E-state index in [4.69, 9.17) is 10.5 Å². The molecule has 0 atom stereocenters. The number of methoxy groups -OCH3 is 1. The third-order valence-corrected chi connectivity index (χ3v) is 4.09. The number of hydrogen-bond acceptors (Lipinski definition) is 3. The zero-order chi connectivity index (χ0) is 17.1. The lowest BCUT2D eigenvalue weighted by molar-refractivity contribution is 0.415. The second-order valence-corrected chi connectivity index (χ2v) is 5.69. The van der Waals surface area contributed by atoms with E-state index in [0.29, 0.717) is 11.3 Å². The molecule has 0 unspecified atom stereocenters. The van der Waals surface area contributed by atoms with E-state index in [1.165, 1.54) is 5.56 Å². The van der Waals surface area contributed by atoms with Gasteiger partial charge in [0.2, 0.25) is 0 Å². The van der Waals surface area contributed by atoms with Crippen LogP contribution in [0.4, 0.5) is 5.69 Å². The first kappa shape index (κ1) is 15.6. The van der Waals surface area contributed by atoms with Crippen molar-refractivity contribution in [1.29, 1.82) is 5.26 Å². The summed E-state index contributed by atoms with van der Waals surface area (Å²) in [6.45, 7) is 2.04. The monoisotopic (exact) mass is 314 g/mol. The summed E-state index contributed by atoms with van der Waals surface area (Å²) in [5, 5.41) is 9.44. The van der Waals surface area contributed by atoms with Crippen LogP contribution in [0.1, 0.15) is 11.1 Å². The number of rotatable bonds is 3. The van der Waals surface area contributed by atoms with Gasteiger partial charge in [-0.25, -0.2) is 0 Å². The summed E-state index contributed by atoms with van der Waals surface area (Å²) < 4.78 is 5.20. The van der Waals surface area contributed by atoms with Crippen molar-refractivity contribution in [2.45, 2.75) is 6.92 Å². The van der Waals surface area contributed by atoms with Crippen molar-refractivity contribution in [2.75, 3.05) is 12.8 Å². The Hall–Kier alpha value is -3.25. The molecule has 2 N–H and O–H groups in total. The largest absolute Gasteiger partial charge is 0.497 e. The van der Waals surface area contributed by atoms with Crippen LogP contribution in [0, 0.1) is 18.3 Å². The van der Waals surface area contributed by atoms with E-state index >= 15 is 0 Å². The lowest BCUT2D eigenvalue weighted by Crippen LogP contribution is -1.96. The SMILES string of the molecule is COc1ccc(-c2cc(C#N)c(N)c(-c3ccc(C)cc3)c2)cc1. The number of benzene rings is 3. The van der Waals surface area contributed by atoms with E-state index < -0.39 is 0 Å². The minimum atomic E-state index is 0.485. The summed E-state index contributed by atoms with van der Waals surface area (Å²) in [4.78, 5) is 0. The van der Waals surface area contributed by atoms with E-state index in [2.05, 4.69) is 6.07 Å². The van der Waals surface area contributed by atoms with Crippen LogP contribution >= 0.6 is 0 Å². The summed E-state index contributed by atoms with van der Waals surface area (Å²) in [7, 11) is 1.64. The minimum absolute atomic E-state index is 0.485. The Kier molecular flexibility index (Phi) is 4.22. The molecule has 0 aromatic heterocycles. The van der Waals surface area contributed by atoms with E-state index in [1.807, 2.05) is 67.6 Å². The standard InChI is InChI=1S/C21H18N2O/c1-14-3-5-16(6-4-14)20-12-17(11-18(13-22)21(20)23)15-7-9-19(24-2)10-8-15/h3-12H,23H2,1-2H3. The maximum absolute atomic E-state index is 9.44. The first-order valence-corrected chi connectivity index (χ1v) is 7.67. The number of ether oxygens (including phenoxy) is 1. The average molecular weight is 314 g/mol. The van der Waals surface area contributed by atoms with Gasteiger partial charge < -0.3 is 10.5 Å². The van der Waals surface area contributed by atoms with Gasteiger partial charge in [-0.05, 0) is 47.9 Å². The maximum Gasteiger partial charge on any atom is 0.118 e. The van der Waals surface area contributed by atoms with Gasteiger partial charge in [-0.3, -0.25) is 0 Å². The number of anilines is 1. The third kappa shape index (κ3) is 2.95. The van der Waals surface area contributed by atoms with E-state index in [0.717, 1.165) is 28.0 Å². The molecule has 118 valence electrons. The Morgan fingerprint density at radius 2 is 1.50 bits per heavy atom. The van der Waals surface area contributed by atoms with Crippen molar-refractivity contribution in [2.24, 2.45) is 0 Å². The van der Waals surface area contributed by atoms with Crippen molar-refractivity contribution in [3.8, 4) is 34.1 Å². The molecular weight excluding hydrogens is 296 g/mol. The Bertz CT molecular complexity index is 904. The van der Waals surface area contributed by atoms with Crippen LogP contribution < -0.4 is 10.5 Å². The van der Waals surface area contributed by atoms with Crippen LogP contribution in [0.3, 0.4) is 0 Å². The van der Waals surface area contributed by atoms with Gasteiger partial charge in [0.25, 0.3) is 0 Å². The molecule has 0 bridgehead atoms. The molecule has 0 heterocycles. The lowest BCUT2D eigenvalue weighted by atomic mass is 9.94. The van der Waals surface area contributed by atoms with Gasteiger partial charge in [0, 0.05) is 5.56 Å². The molecule has 3 rings (SSSR count). The van der Waals surface area contributed by atoms with Gasteiger partial charge in [0.1, 0.15) is 11.8 Å². The van der Waals surface area contributed by atoms with Crippen molar-refractivity contribution in [3.63, 3.8) is 0 Å². The minimum Gasteiger partial charge on any atom is -0.497 e. The molecule has 3 nitrogen and oxygen atoms in total. The zero-order valence-corrected chi connectivity index (χ0v) is 13.7. The predicted molar refractivity (Wildman–Crippen MR) is 97.7 cm³/mol. The van der Waals surface area contributed by atoms with Crippen LogP contribution in [0.25, 0.3) is 22.3 Å². The summed E-state index contributed by atoms with van der Waals surface area (Å²) in [5.74, 6) is 0.799. The highest BCUT2D eigenvalue weighted by atomic mass is 16.5. The topological polar surface area (TPSA) is 59.0 Å². The molecule has 0 fully saturated rings. The molecule has 0 saturated carbocycles. The number of nitrogens with two attached hydrogens (primary N) is 1. The first-order valence-electron chi connectivity index (χ1n) is 7.67. The number of hydrogen-bond donors (Lipinski definition) is 1. The molecule has 24 heavy (non-hydrogen) atoms. The van der Waals surface area contributed by atoms with Crippen molar-refractivity contribution in [3.05, 3.63) is 71.8 Å². The number of nitriles is 1. The van der Waals surface area contributed by atoms with E-state index in [9.17, 15) is 5.26 Å². The van der Waals surface area contributed by atoms with Crippen molar-refractivity contribution >= 4 is 5.69 Å². The van der Waals surface area contributed by atoms with E-state index in [1.54, 1.807) is 7.11 Å². The van der Waals surface area contributed by atoms with E-state index in [-0.39, 0.29) is 0 Å². The highest BCUT2D eigenvalue weighted by Gasteiger charge is 2.11. The van der Waals surface area contributed by atoms with Crippen LogP contribution in [-0.2, 0) is 0 Å². The lowest BCUT2D eigenvalue weighted by Gasteiger charge is -2.12. The Balaban J connectivity index is 2.15. The Morgan fingerprint density at radius 1 is 0.875 bits per heavy atom. The van der Waals surface area contributed by atoms with Gasteiger partial charge >= 0.3 is 0 Å². The van der Waals surface area contributed by atoms with Gasteiger partial charge in [-0.1, -0.05) is 42.0 Å². The number of nitrogens with zero attached hydrogens (tertiary/aromatic N) is 1. The smallest absolute Gasteiger partial charge is 0.118 e. The molecule has 0 aliphatic heterocycles. The van der Waals surface area contributed by atoms with Gasteiger partial charge in [0.15, 0.2) is 0 Å². The van der Waals surface area contributed by atoms with Gasteiger partial charge in [-0.15, -0.1) is 0 Å². The fraction of sp³-hybridized carbons (Fsp3) is 0.0952. The summed E-state index contributed by atoms with van der Waals surface area (Å²) >= 11 is 0. The average Bonchev–Trinajstić information content (AvgIpc) is 2.63. The summed E-state index contributed by atoms with van der Waals surface area (Å²) in [6.07, 6.45) is 0. The van der Waals surface area contributed by atoms with Crippen LogP contribution in [0.2, 0.25) is 0 Å². The molecule has 0 amide bonds.